The van der Waals surface area contributed by atoms with Gasteiger partial charge in [-0.25, -0.2) is 0 Å². The summed E-state index contributed by atoms with van der Waals surface area (Å²) >= 11 is 0. The quantitative estimate of drug-likeness (QED) is 0.576. The molecular weight excluding hydrogens is 210 g/mol. The Morgan fingerprint density at radius 3 is 2.12 bits per heavy atom. The summed E-state index contributed by atoms with van der Waals surface area (Å²) in [4.78, 5) is 0. The van der Waals surface area contributed by atoms with Gasteiger partial charge in [0.25, 0.3) is 0 Å². The van der Waals surface area contributed by atoms with Crippen molar-refractivity contribution in [1.82, 2.24) is 0 Å². The Labute approximate surface area is 101 Å². The third-order valence-electron chi connectivity index (χ3n) is 2.42. The van der Waals surface area contributed by atoms with E-state index in [1.54, 1.807) is 5.01 Å². The summed E-state index contributed by atoms with van der Waals surface area (Å²) in [5, 5.41) is 10.1. The fourth-order valence-electron chi connectivity index (χ4n) is 1.49. The van der Waals surface area contributed by atoms with E-state index in [9.17, 15) is 0 Å². The lowest BCUT2D eigenvalue weighted by molar-refractivity contribution is 0.833. The van der Waals surface area contributed by atoms with Gasteiger partial charge in [-0.05, 0) is 17.7 Å². The van der Waals surface area contributed by atoms with Crippen LogP contribution in [0.5, 0.6) is 0 Å². The van der Waals surface area contributed by atoms with Gasteiger partial charge in [0.15, 0.2) is 0 Å². The standard InChI is InChI=1S/C14H15N3/c1-17(14-10-6-3-7-11-14)16-15-12-13-8-4-2-5-9-13/h2-11H,12H2,1H3. The minimum atomic E-state index is 0.609. The molecule has 0 aromatic heterocycles. The van der Waals surface area contributed by atoms with Gasteiger partial charge in [0.1, 0.15) is 0 Å². The molecule has 0 atom stereocenters. The Hall–Kier alpha value is -2.16. The molecule has 0 fully saturated rings. The van der Waals surface area contributed by atoms with Crippen molar-refractivity contribution in [2.45, 2.75) is 6.54 Å². The minimum Gasteiger partial charge on any atom is -0.250 e. The maximum Gasteiger partial charge on any atom is 0.0870 e. The number of para-hydroxylation sites is 1. The zero-order valence-corrected chi connectivity index (χ0v) is 9.82. The van der Waals surface area contributed by atoms with Gasteiger partial charge in [0, 0.05) is 7.05 Å². The molecule has 2 aromatic carbocycles. The van der Waals surface area contributed by atoms with Gasteiger partial charge < -0.3 is 0 Å². The van der Waals surface area contributed by atoms with E-state index >= 15 is 0 Å². The lowest BCUT2D eigenvalue weighted by atomic mass is 10.2. The van der Waals surface area contributed by atoms with Crippen LogP contribution in [0.15, 0.2) is 71.0 Å². The van der Waals surface area contributed by atoms with Crippen LogP contribution in [0, 0.1) is 0 Å². The van der Waals surface area contributed by atoms with Crippen LogP contribution < -0.4 is 5.01 Å². The third kappa shape index (κ3) is 3.41. The average Bonchev–Trinajstić information content (AvgIpc) is 2.41. The van der Waals surface area contributed by atoms with Crippen molar-refractivity contribution >= 4 is 5.69 Å². The molecule has 0 unspecified atom stereocenters. The molecule has 0 aliphatic rings. The molecule has 2 aromatic rings. The van der Waals surface area contributed by atoms with Crippen LogP contribution in [-0.2, 0) is 6.54 Å². The van der Waals surface area contributed by atoms with Gasteiger partial charge in [-0.3, -0.25) is 5.01 Å². The molecule has 0 radical (unpaired) electrons. The van der Waals surface area contributed by atoms with E-state index in [2.05, 4.69) is 10.3 Å². The maximum atomic E-state index is 4.17. The third-order valence-corrected chi connectivity index (χ3v) is 2.42. The molecule has 0 bridgehead atoms. The van der Waals surface area contributed by atoms with Crippen LogP contribution in [-0.4, -0.2) is 7.05 Å². The second kappa shape index (κ2) is 5.80. The Bertz CT molecular complexity index is 465. The van der Waals surface area contributed by atoms with Gasteiger partial charge >= 0.3 is 0 Å². The van der Waals surface area contributed by atoms with Crippen LogP contribution in [0.3, 0.4) is 0 Å². The first-order valence-corrected chi connectivity index (χ1v) is 5.56. The number of nitrogens with zero attached hydrogens (tertiary/aromatic N) is 3. The highest BCUT2D eigenvalue weighted by Gasteiger charge is 1.95. The summed E-state index contributed by atoms with van der Waals surface area (Å²) in [6, 6.07) is 20.1. The van der Waals surface area contributed by atoms with Gasteiger partial charge in [0.05, 0.1) is 12.2 Å². The molecule has 0 saturated carbocycles. The summed E-state index contributed by atoms with van der Waals surface area (Å²) in [6.45, 7) is 0.609. The van der Waals surface area contributed by atoms with Crippen molar-refractivity contribution in [2.75, 3.05) is 12.1 Å². The number of benzene rings is 2. The fraction of sp³-hybridized carbons (Fsp3) is 0.143. The molecule has 0 N–H and O–H groups in total. The van der Waals surface area contributed by atoms with Gasteiger partial charge in [-0.2, -0.15) is 5.11 Å². The second-order valence-electron chi connectivity index (χ2n) is 3.73. The molecule has 0 saturated heterocycles. The first kappa shape index (κ1) is 11.3. The monoisotopic (exact) mass is 225 g/mol. The summed E-state index contributed by atoms with van der Waals surface area (Å²) < 4.78 is 0. The Morgan fingerprint density at radius 2 is 1.47 bits per heavy atom. The molecule has 0 heterocycles. The van der Waals surface area contributed by atoms with Crippen molar-refractivity contribution in [3.8, 4) is 0 Å². The van der Waals surface area contributed by atoms with Crippen molar-refractivity contribution in [2.24, 2.45) is 10.3 Å². The van der Waals surface area contributed by atoms with E-state index in [4.69, 9.17) is 0 Å². The highest BCUT2D eigenvalue weighted by Crippen LogP contribution is 2.11. The first-order chi connectivity index (χ1) is 8.36. The molecule has 3 nitrogen and oxygen atoms in total. The topological polar surface area (TPSA) is 28.0 Å². The summed E-state index contributed by atoms with van der Waals surface area (Å²) in [6.07, 6.45) is 0. The highest BCUT2D eigenvalue weighted by atomic mass is 15.5. The summed E-state index contributed by atoms with van der Waals surface area (Å²) in [5.74, 6) is 0. The maximum absolute atomic E-state index is 4.17. The Balaban J connectivity index is 1.93. The predicted molar refractivity (Wildman–Crippen MR) is 69.8 cm³/mol. The Kier molecular flexibility index (Phi) is 3.86. The van der Waals surface area contributed by atoms with Crippen molar-refractivity contribution in [1.29, 1.82) is 0 Å². The van der Waals surface area contributed by atoms with Gasteiger partial charge in [0.2, 0.25) is 0 Å². The molecule has 86 valence electrons. The van der Waals surface area contributed by atoms with Gasteiger partial charge in [-0.1, -0.05) is 53.8 Å². The van der Waals surface area contributed by atoms with Crippen molar-refractivity contribution in [3.63, 3.8) is 0 Å². The van der Waals surface area contributed by atoms with E-state index in [1.165, 1.54) is 0 Å². The van der Waals surface area contributed by atoms with Crippen molar-refractivity contribution < 1.29 is 0 Å². The molecular formula is C14H15N3. The van der Waals surface area contributed by atoms with Crippen LogP contribution in [0.4, 0.5) is 5.69 Å². The molecule has 3 heteroatoms. The Morgan fingerprint density at radius 1 is 0.882 bits per heavy atom. The average molecular weight is 225 g/mol. The molecule has 2 rings (SSSR count). The largest absolute Gasteiger partial charge is 0.250 e. The van der Waals surface area contributed by atoms with Crippen LogP contribution >= 0.6 is 0 Å². The van der Waals surface area contributed by atoms with E-state index in [1.807, 2.05) is 67.7 Å². The SMILES string of the molecule is CN(N=NCc1ccccc1)c1ccccc1. The van der Waals surface area contributed by atoms with Crippen LogP contribution in [0.1, 0.15) is 5.56 Å². The van der Waals surface area contributed by atoms with Gasteiger partial charge in [-0.15, -0.1) is 0 Å². The first-order valence-electron chi connectivity index (χ1n) is 5.56. The molecule has 0 aliphatic heterocycles. The zero-order valence-electron chi connectivity index (χ0n) is 9.82. The van der Waals surface area contributed by atoms with Crippen molar-refractivity contribution in [3.05, 3.63) is 66.2 Å². The lowest BCUT2D eigenvalue weighted by Gasteiger charge is -2.10. The smallest absolute Gasteiger partial charge is 0.0870 e. The molecule has 0 amide bonds. The van der Waals surface area contributed by atoms with Crippen LogP contribution in [0.2, 0.25) is 0 Å². The number of rotatable bonds is 4. The van der Waals surface area contributed by atoms with E-state index in [-0.39, 0.29) is 0 Å². The fourth-order valence-corrected chi connectivity index (χ4v) is 1.49. The lowest BCUT2D eigenvalue weighted by Crippen LogP contribution is -2.06. The molecule has 0 aliphatic carbocycles. The number of hydrogen-bond donors (Lipinski definition) is 0. The summed E-state index contributed by atoms with van der Waals surface area (Å²) in [7, 11) is 1.89. The van der Waals surface area contributed by atoms with E-state index in [0.29, 0.717) is 6.54 Å². The highest BCUT2D eigenvalue weighted by molar-refractivity contribution is 5.43. The molecule has 17 heavy (non-hydrogen) atoms. The zero-order chi connectivity index (χ0) is 11.9. The summed E-state index contributed by atoms with van der Waals surface area (Å²) in [5.41, 5.74) is 2.20. The molecule has 0 spiro atoms. The number of anilines is 1. The van der Waals surface area contributed by atoms with Crippen LogP contribution in [0.25, 0.3) is 0 Å². The minimum absolute atomic E-state index is 0.609. The van der Waals surface area contributed by atoms with E-state index in [0.717, 1.165) is 11.3 Å². The number of hydrogen-bond acceptors (Lipinski definition) is 2. The normalized spacial score (nSPS) is 10.6. The second-order valence-corrected chi connectivity index (χ2v) is 3.73. The van der Waals surface area contributed by atoms with E-state index < -0.39 is 0 Å². The predicted octanol–water partition coefficient (Wildman–Crippen LogP) is 3.69.